The molecular weight excluding hydrogens is 282 g/mol. The summed E-state index contributed by atoms with van der Waals surface area (Å²) in [5.74, 6) is 0.211. The molecule has 2 aromatic rings. The van der Waals surface area contributed by atoms with Gasteiger partial charge in [-0.1, -0.05) is 0 Å². The van der Waals surface area contributed by atoms with Crippen molar-refractivity contribution >= 4 is 43.9 Å². The molecule has 7 heteroatoms. The zero-order valence-electron chi connectivity index (χ0n) is 10.5. The quantitative estimate of drug-likeness (QED) is 0.819. The van der Waals surface area contributed by atoms with Crippen LogP contribution in [0.15, 0.2) is 22.5 Å². The van der Waals surface area contributed by atoms with Crippen LogP contribution in [0.2, 0.25) is 0 Å². The van der Waals surface area contributed by atoms with E-state index in [1.54, 1.807) is 6.07 Å². The molecule has 1 heterocycles. The molecule has 1 aromatic heterocycles. The third-order valence-corrected chi connectivity index (χ3v) is 5.15. The summed E-state index contributed by atoms with van der Waals surface area (Å²) in [5.41, 5.74) is 7.15. The first-order chi connectivity index (χ1) is 9.10. The fraction of sp³-hybridized carbons (Fsp3) is 0.333. The summed E-state index contributed by atoms with van der Waals surface area (Å²) >= 11 is 1.36. The standard InChI is InChI=1S/C12H15N3O2S2/c1-2-14-11(16)5-6-19(17)12-15-9-4-3-8(13)7-10(9)18-12/h3-4,7H,2,5-6,13H2,1H3,(H,14,16). The molecule has 0 spiro atoms. The summed E-state index contributed by atoms with van der Waals surface area (Å²) < 4.78 is 13.5. The minimum Gasteiger partial charge on any atom is -0.399 e. The number of carbonyl (C=O) groups is 1. The van der Waals surface area contributed by atoms with Gasteiger partial charge in [0.1, 0.15) is 0 Å². The Morgan fingerprint density at radius 1 is 1.53 bits per heavy atom. The summed E-state index contributed by atoms with van der Waals surface area (Å²) in [7, 11) is -1.24. The maximum absolute atomic E-state index is 12.1. The Morgan fingerprint density at radius 2 is 2.32 bits per heavy atom. The van der Waals surface area contributed by atoms with Gasteiger partial charge in [-0.15, -0.1) is 11.3 Å². The number of nitrogens with zero attached hydrogens (tertiary/aromatic N) is 1. The van der Waals surface area contributed by atoms with E-state index in [-0.39, 0.29) is 12.3 Å². The lowest BCUT2D eigenvalue weighted by Crippen LogP contribution is -2.24. The largest absolute Gasteiger partial charge is 0.399 e. The minimum atomic E-state index is -1.24. The number of rotatable bonds is 5. The van der Waals surface area contributed by atoms with Gasteiger partial charge in [0.15, 0.2) is 4.34 Å². The number of benzene rings is 1. The van der Waals surface area contributed by atoms with Gasteiger partial charge in [-0.2, -0.15) is 0 Å². The second-order valence-electron chi connectivity index (χ2n) is 3.96. The van der Waals surface area contributed by atoms with Gasteiger partial charge in [-0.05, 0) is 25.1 Å². The highest BCUT2D eigenvalue weighted by molar-refractivity contribution is 7.87. The Kier molecular flexibility index (Phi) is 4.49. The molecule has 0 saturated heterocycles. The zero-order chi connectivity index (χ0) is 13.8. The van der Waals surface area contributed by atoms with Crippen LogP contribution in [0.4, 0.5) is 5.69 Å². The van der Waals surface area contributed by atoms with Gasteiger partial charge in [-0.3, -0.25) is 9.00 Å². The van der Waals surface area contributed by atoms with E-state index in [1.165, 1.54) is 11.3 Å². The SMILES string of the molecule is CCNC(=O)CCS(=O)c1nc2ccc(N)cc2s1. The first-order valence-electron chi connectivity index (χ1n) is 5.91. The number of hydrogen-bond donors (Lipinski definition) is 2. The molecule has 2 rings (SSSR count). The third kappa shape index (κ3) is 3.51. The lowest BCUT2D eigenvalue weighted by Gasteiger charge is -2.00. The van der Waals surface area contributed by atoms with Gasteiger partial charge in [0.05, 0.1) is 21.0 Å². The number of anilines is 1. The number of amides is 1. The normalized spacial score (nSPS) is 12.5. The first kappa shape index (κ1) is 14.0. The lowest BCUT2D eigenvalue weighted by molar-refractivity contribution is -0.120. The van der Waals surface area contributed by atoms with Gasteiger partial charge in [0, 0.05) is 24.4 Å². The van der Waals surface area contributed by atoms with Crippen molar-refractivity contribution < 1.29 is 9.00 Å². The molecule has 0 aliphatic heterocycles. The van der Waals surface area contributed by atoms with Crippen molar-refractivity contribution in [3.63, 3.8) is 0 Å². The summed E-state index contributed by atoms with van der Waals surface area (Å²) in [5, 5.41) is 2.68. The van der Waals surface area contributed by atoms with Crippen molar-refractivity contribution in [1.82, 2.24) is 10.3 Å². The Labute approximate surface area is 117 Å². The second kappa shape index (κ2) is 6.12. The number of fused-ring (bicyclic) bond motifs is 1. The highest BCUT2D eigenvalue weighted by Gasteiger charge is 2.12. The van der Waals surface area contributed by atoms with Gasteiger partial charge in [0.25, 0.3) is 0 Å². The van der Waals surface area contributed by atoms with E-state index in [2.05, 4.69) is 10.3 Å². The van der Waals surface area contributed by atoms with E-state index in [9.17, 15) is 9.00 Å². The Morgan fingerprint density at radius 3 is 3.05 bits per heavy atom. The van der Waals surface area contributed by atoms with E-state index in [0.29, 0.717) is 22.3 Å². The van der Waals surface area contributed by atoms with Crippen molar-refractivity contribution in [1.29, 1.82) is 0 Å². The predicted molar refractivity (Wildman–Crippen MR) is 78.6 cm³/mol. The first-order valence-corrected chi connectivity index (χ1v) is 8.05. The Balaban J connectivity index is 2.07. The maximum Gasteiger partial charge on any atom is 0.220 e. The molecule has 0 radical (unpaired) electrons. The topological polar surface area (TPSA) is 85.1 Å². The molecular formula is C12H15N3O2S2. The molecule has 0 bridgehead atoms. The van der Waals surface area contributed by atoms with Crippen molar-refractivity contribution in [3.05, 3.63) is 18.2 Å². The van der Waals surface area contributed by atoms with Crippen molar-refractivity contribution in [2.75, 3.05) is 18.0 Å². The Bertz CT molecular complexity index is 624. The summed E-state index contributed by atoms with van der Waals surface area (Å²) in [6.45, 7) is 2.44. The number of carbonyl (C=O) groups excluding carboxylic acids is 1. The number of nitrogens with two attached hydrogens (primary N) is 1. The van der Waals surface area contributed by atoms with Gasteiger partial charge >= 0.3 is 0 Å². The van der Waals surface area contributed by atoms with Crippen LogP contribution in [0.25, 0.3) is 10.2 Å². The molecule has 1 amide bonds. The molecule has 3 N–H and O–H groups in total. The highest BCUT2D eigenvalue weighted by atomic mass is 32.2. The van der Waals surface area contributed by atoms with E-state index in [4.69, 9.17) is 5.73 Å². The Hall–Kier alpha value is -1.47. The monoisotopic (exact) mass is 297 g/mol. The molecule has 0 aliphatic carbocycles. The van der Waals surface area contributed by atoms with Crippen LogP contribution in [0.1, 0.15) is 13.3 Å². The van der Waals surface area contributed by atoms with Gasteiger partial charge < -0.3 is 11.1 Å². The van der Waals surface area contributed by atoms with Crippen LogP contribution < -0.4 is 11.1 Å². The molecule has 0 aliphatic rings. The highest BCUT2D eigenvalue weighted by Crippen LogP contribution is 2.26. The molecule has 102 valence electrons. The van der Waals surface area contributed by atoms with E-state index >= 15 is 0 Å². The van der Waals surface area contributed by atoms with E-state index in [1.807, 2.05) is 19.1 Å². The van der Waals surface area contributed by atoms with Crippen molar-refractivity contribution in [2.45, 2.75) is 17.7 Å². The average Bonchev–Trinajstić information content (AvgIpc) is 2.79. The fourth-order valence-corrected chi connectivity index (χ4v) is 3.96. The summed E-state index contributed by atoms with van der Waals surface area (Å²) in [6, 6.07) is 5.40. The summed E-state index contributed by atoms with van der Waals surface area (Å²) in [4.78, 5) is 15.6. The van der Waals surface area contributed by atoms with Gasteiger partial charge in [0.2, 0.25) is 5.91 Å². The van der Waals surface area contributed by atoms with Crippen LogP contribution in [0.3, 0.4) is 0 Å². The van der Waals surface area contributed by atoms with Crippen LogP contribution in [0, 0.1) is 0 Å². The van der Waals surface area contributed by atoms with Crippen LogP contribution in [0.5, 0.6) is 0 Å². The molecule has 19 heavy (non-hydrogen) atoms. The number of nitrogens with one attached hydrogen (secondary N) is 1. The van der Waals surface area contributed by atoms with Crippen molar-refractivity contribution in [3.8, 4) is 0 Å². The lowest BCUT2D eigenvalue weighted by atomic mass is 10.3. The smallest absolute Gasteiger partial charge is 0.220 e. The number of hydrogen-bond acceptors (Lipinski definition) is 5. The average molecular weight is 297 g/mol. The van der Waals surface area contributed by atoms with Crippen LogP contribution >= 0.6 is 11.3 Å². The maximum atomic E-state index is 12.1. The predicted octanol–water partition coefficient (Wildman–Crippen LogP) is 1.51. The third-order valence-electron chi connectivity index (χ3n) is 2.48. The number of aromatic nitrogens is 1. The number of thiazole rings is 1. The molecule has 1 aromatic carbocycles. The molecule has 1 atom stereocenters. The van der Waals surface area contributed by atoms with Gasteiger partial charge in [-0.25, -0.2) is 4.98 Å². The molecule has 1 unspecified atom stereocenters. The fourth-order valence-electron chi connectivity index (χ4n) is 1.58. The van der Waals surface area contributed by atoms with E-state index < -0.39 is 10.8 Å². The zero-order valence-corrected chi connectivity index (χ0v) is 12.1. The van der Waals surface area contributed by atoms with Crippen LogP contribution in [-0.4, -0.2) is 27.4 Å². The van der Waals surface area contributed by atoms with Crippen LogP contribution in [-0.2, 0) is 15.6 Å². The second-order valence-corrected chi connectivity index (χ2v) is 6.74. The molecule has 0 fully saturated rings. The van der Waals surface area contributed by atoms with Crippen molar-refractivity contribution in [2.24, 2.45) is 0 Å². The molecule has 0 saturated carbocycles. The van der Waals surface area contributed by atoms with E-state index in [0.717, 1.165) is 10.2 Å². The molecule has 5 nitrogen and oxygen atoms in total. The summed E-state index contributed by atoms with van der Waals surface area (Å²) in [6.07, 6.45) is 0.249. The number of nitrogen functional groups attached to an aromatic ring is 1. The minimum absolute atomic E-state index is 0.0822.